The number of rotatable bonds is 4. The van der Waals surface area contributed by atoms with Gasteiger partial charge in [-0.1, -0.05) is 37.1 Å². The highest BCUT2D eigenvalue weighted by Crippen LogP contribution is 2.23. The van der Waals surface area contributed by atoms with Crippen LogP contribution in [0.25, 0.3) is 0 Å². The molecule has 15 heavy (non-hydrogen) atoms. The van der Waals surface area contributed by atoms with E-state index >= 15 is 0 Å². The van der Waals surface area contributed by atoms with Crippen LogP contribution in [0.1, 0.15) is 36.8 Å². The van der Waals surface area contributed by atoms with E-state index in [1.165, 1.54) is 43.4 Å². The van der Waals surface area contributed by atoms with Crippen LogP contribution in [0.15, 0.2) is 24.3 Å². The van der Waals surface area contributed by atoms with E-state index in [2.05, 4.69) is 36.5 Å². The third-order valence-corrected chi connectivity index (χ3v) is 3.48. The van der Waals surface area contributed by atoms with Crippen molar-refractivity contribution in [1.82, 2.24) is 5.32 Å². The van der Waals surface area contributed by atoms with Crippen LogP contribution >= 0.6 is 0 Å². The molecule has 0 saturated heterocycles. The van der Waals surface area contributed by atoms with Crippen molar-refractivity contribution in [3.05, 3.63) is 35.4 Å². The van der Waals surface area contributed by atoms with Crippen LogP contribution in [-0.4, -0.2) is 6.54 Å². The first-order valence-electron chi connectivity index (χ1n) is 6.11. The van der Waals surface area contributed by atoms with Crippen LogP contribution in [-0.2, 0) is 6.54 Å². The minimum Gasteiger partial charge on any atom is -0.312 e. The highest BCUT2D eigenvalue weighted by molar-refractivity contribution is 5.25. The minimum absolute atomic E-state index is 0.939. The topological polar surface area (TPSA) is 12.0 Å². The first kappa shape index (κ1) is 10.7. The zero-order chi connectivity index (χ0) is 10.5. The van der Waals surface area contributed by atoms with Crippen LogP contribution in [0, 0.1) is 12.8 Å². The van der Waals surface area contributed by atoms with E-state index in [4.69, 9.17) is 0 Å². The van der Waals surface area contributed by atoms with E-state index in [0.717, 1.165) is 12.5 Å². The standard InChI is InChI=1S/C14H21N/c1-12-6-2-5-9-14(12)11-15-10-13-7-3-4-8-13/h2,5-6,9,13,15H,3-4,7-8,10-11H2,1H3. The summed E-state index contributed by atoms with van der Waals surface area (Å²) >= 11 is 0. The average molecular weight is 203 g/mol. The molecule has 0 aliphatic heterocycles. The first-order chi connectivity index (χ1) is 7.36. The van der Waals surface area contributed by atoms with E-state index in [1.807, 2.05) is 0 Å². The normalized spacial score (nSPS) is 17.1. The van der Waals surface area contributed by atoms with Gasteiger partial charge in [0.25, 0.3) is 0 Å². The molecule has 1 nitrogen and oxygen atoms in total. The van der Waals surface area contributed by atoms with Crippen molar-refractivity contribution in [3.8, 4) is 0 Å². The number of hydrogen-bond acceptors (Lipinski definition) is 1. The van der Waals surface area contributed by atoms with Gasteiger partial charge in [-0.15, -0.1) is 0 Å². The SMILES string of the molecule is Cc1ccccc1CNCC1CCCC1. The van der Waals surface area contributed by atoms with E-state index < -0.39 is 0 Å². The van der Waals surface area contributed by atoms with Gasteiger partial charge in [-0.2, -0.15) is 0 Å². The lowest BCUT2D eigenvalue weighted by Crippen LogP contribution is -2.21. The summed E-state index contributed by atoms with van der Waals surface area (Å²) in [6, 6.07) is 8.64. The van der Waals surface area contributed by atoms with Crippen LogP contribution in [0.4, 0.5) is 0 Å². The molecule has 1 fully saturated rings. The second-order valence-corrected chi connectivity index (χ2v) is 4.71. The summed E-state index contributed by atoms with van der Waals surface area (Å²) in [5.74, 6) is 0.939. The molecule has 1 aromatic carbocycles. The summed E-state index contributed by atoms with van der Waals surface area (Å²) in [6.45, 7) is 4.42. The Labute approximate surface area is 92.9 Å². The molecule has 1 saturated carbocycles. The van der Waals surface area contributed by atoms with Crippen molar-refractivity contribution in [1.29, 1.82) is 0 Å². The predicted octanol–water partition coefficient (Wildman–Crippen LogP) is 3.27. The maximum Gasteiger partial charge on any atom is 0.0208 e. The van der Waals surface area contributed by atoms with E-state index in [0.29, 0.717) is 0 Å². The summed E-state index contributed by atoms with van der Waals surface area (Å²) in [5.41, 5.74) is 2.84. The molecule has 0 atom stereocenters. The van der Waals surface area contributed by atoms with E-state index in [1.54, 1.807) is 0 Å². The predicted molar refractivity (Wildman–Crippen MR) is 64.8 cm³/mol. The molecule has 2 rings (SSSR count). The Morgan fingerprint density at radius 2 is 1.93 bits per heavy atom. The second kappa shape index (κ2) is 5.32. The number of aryl methyl sites for hydroxylation is 1. The van der Waals surface area contributed by atoms with E-state index in [9.17, 15) is 0 Å². The highest BCUT2D eigenvalue weighted by Gasteiger charge is 2.13. The lowest BCUT2D eigenvalue weighted by atomic mass is 10.1. The van der Waals surface area contributed by atoms with Crippen molar-refractivity contribution in [2.45, 2.75) is 39.2 Å². The summed E-state index contributed by atoms with van der Waals surface area (Å²) in [5, 5.41) is 3.58. The fraction of sp³-hybridized carbons (Fsp3) is 0.571. The molecule has 1 aromatic rings. The molecule has 0 unspecified atom stereocenters. The number of nitrogens with one attached hydrogen (secondary N) is 1. The molecular formula is C14H21N. The smallest absolute Gasteiger partial charge is 0.0208 e. The van der Waals surface area contributed by atoms with Gasteiger partial charge in [0.15, 0.2) is 0 Å². The Bertz CT molecular complexity index is 300. The van der Waals surface area contributed by atoms with Crippen LogP contribution in [0.3, 0.4) is 0 Å². The zero-order valence-corrected chi connectivity index (χ0v) is 9.63. The fourth-order valence-corrected chi connectivity index (χ4v) is 2.43. The van der Waals surface area contributed by atoms with Crippen molar-refractivity contribution in [2.75, 3.05) is 6.54 Å². The quantitative estimate of drug-likeness (QED) is 0.792. The lowest BCUT2D eigenvalue weighted by Gasteiger charge is -2.11. The van der Waals surface area contributed by atoms with Crippen molar-refractivity contribution in [3.63, 3.8) is 0 Å². The van der Waals surface area contributed by atoms with Gasteiger partial charge >= 0.3 is 0 Å². The van der Waals surface area contributed by atoms with Gasteiger partial charge in [0.2, 0.25) is 0 Å². The highest BCUT2D eigenvalue weighted by atomic mass is 14.9. The van der Waals surface area contributed by atoms with Crippen LogP contribution < -0.4 is 5.32 Å². The molecule has 0 amide bonds. The zero-order valence-electron chi connectivity index (χ0n) is 9.63. The molecule has 0 spiro atoms. The molecule has 0 radical (unpaired) electrons. The molecule has 1 aliphatic rings. The fourth-order valence-electron chi connectivity index (χ4n) is 2.43. The Morgan fingerprint density at radius 3 is 2.67 bits per heavy atom. The molecule has 0 heterocycles. The van der Waals surface area contributed by atoms with E-state index in [-0.39, 0.29) is 0 Å². The lowest BCUT2D eigenvalue weighted by molar-refractivity contribution is 0.489. The maximum absolute atomic E-state index is 3.58. The van der Waals surface area contributed by atoms with Crippen molar-refractivity contribution >= 4 is 0 Å². The van der Waals surface area contributed by atoms with Crippen LogP contribution in [0.2, 0.25) is 0 Å². The Balaban J connectivity index is 1.75. The summed E-state index contributed by atoms with van der Waals surface area (Å²) in [6.07, 6.45) is 5.75. The average Bonchev–Trinajstić information content (AvgIpc) is 2.74. The van der Waals surface area contributed by atoms with Gasteiger partial charge in [0.05, 0.1) is 0 Å². The van der Waals surface area contributed by atoms with Gasteiger partial charge in [0, 0.05) is 6.54 Å². The van der Waals surface area contributed by atoms with Crippen molar-refractivity contribution in [2.24, 2.45) is 5.92 Å². The van der Waals surface area contributed by atoms with Gasteiger partial charge in [-0.25, -0.2) is 0 Å². The Kier molecular flexibility index (Phi) is 3.79. The van der Waals surface area contributed by atoms with Gasteiger partial charge in [-0.3, -0.25) is 0 Å². The largest absolute Gasteiger partial charge is 0.312 e. The third-order valence-electron chi connectivity index (χ3n) is 3.48. The molecule has 0 aromatic heterocycles. The van der Waals surface area contributed by atoms with Crippen LogP contribution in [0.5, 0.6) is 0 Å². The summed E-state index contributed by atoms with van der Waals surface area (Å²) in [4.78, 5) is 0. The van der Waals surface area contributed by atoms with Crippen molar-refractivity contribution < 1.29 is 0 Å². The third kappa shape index (κ3) is 3.07. The van der Waals surface area contributed by atoms with Gasteiger partial charge < -0.3 is 5.32 Å². The summed E-state index contributed by atoms with van der Waals surface area (Å²) < 4.78 is 0. The Morgan fingerprint density at radius 1 is 1.20 bits per heavy atom. The second-order valence-electron chi connectivity index (χ2n) is 4.71. The first-order valence-corrected chi connectivity index (χ1v) is 6.11. The molecule has 82 valence electrons. The number of benzene rings is 1. The molecule has 1 heteroatoms. The molecule has 1 aliphatic carbocycles. The summed E-state index contributed by atoms with van der Waals surface area (Å²) in [7, 11) is 0. The molecule has 0 bridgehead atoms. The Hall–Kier alpha value is -0.820. The monoisotopic (exact) mass is 203 g/mol. The van der Waals surface area contributed by atoms with Gasteiger partial charge in [0.1, 0.15) is 0 Å². The molecular weight excluding hydrogens is 182 g/mol. The number of hydrogen-bond donors (Lipinski definition) is 1. The maximum atomic E-state index is 3.58. The minimum atomic E-state index is 0.939. The van der Waals surface area contributed by atoms with Gasteiger partial charge in [-0.05, 0) is 43.4 Å². The molecule has 1 N–H and O–H groups in total.